The monoisotopic (exact) mass is 488 g/mol. The summed E-state index contributed by atoms with van der Waals surface area (Å²) in [6, 6.07) is 14.3. The van der Waals surface area contributed by atoms with E-state index in [4.69, 9.17) is 0 Å². The number of carbonyl (C=O) groups is 2. The van der Waals surface area contributed by atoms with E-state index >= 15 is 0 Å². The Morgan fingerprint density at radius 1 is 1.00 bits per heavy atom. The van der Waals surface area contributed by atoms with Gasteiger partial charge in [-0.2, -0.15) is 5.10 Å². The first-order valence-electron chi connectivity index (χ1n) is 10.8. The lowest BCUT2D eigenvalue weighted by atomic mass is 10.2. The lowest BCUT2D eigenvalue weighted by Crippen LogP contribution is -2.23. The minimum absolute atomic E-state index is 0.258. The Kier molecular flexibility index (Phi) is 7.02. The number of benzene rings is 1. The molecule has 1 aromatic carbocycles. The molecule has 3 N–H and O–H groups in total. The van der Waals surface area contributed by atoms with Gasteiger partial charge < -0.3 is 5.32 Å². The summed E-state index contributed by atoms with van der Waals surface area (Å²) in [5.41, 5.74) is 6.33. The molecule has 0 unspecified atom stereocenters. The highest BCUT2D eigenvalue weighted by Gasteiger charge is 2.17. The summed E-state index contributed by atoms with van der Waals surface area (Å²) in [5.74, 6) is -0.736. The number of aryl methyl sites for hydroxylation is 2. The van der Waals surface area contributed by atoms with Crippen LogP contribution in [-0.4, -0.2) is 32.3 Å². The van der Waals surface area contributed by atoms with Crippen molar-refractivity contribution in [2.45, 2.75) is 27.3 Å². The summed E-state index contributed by atoms with van der Waals surface area (Å²) >= 11 is 1.06. The van der Waals surface area contributed by atoms with Gasteiger partial charge in [-0.3, -0.25) is 24.5 Å². The quantitative estimate of drug-likeness (QED) is 0.273. The van der Waals surface area contributed by atoms with Gasteiger partial charge >= 0.3 is 0 Å². The summed E-state index contributed by atoms with van der Waals surface area (Å²) in [6.07, 6.45) is 3.31. The second kappa shape index (κ2) is 10.3. The van der Waals surface area contributed by atoms with E-state index in [1.807, 2.05) is 43.3 Å². The summed E-state index contributed by atoms with van der Waals surface area (Å²) in [6.45, 7) is 5.77. The van der Waals surface area contributed by atoms with Crippen LogP contribution in [0.4, 0.5) is 0 Å². The SMILES string of the molecule is C/C(=N\NC(=O)c1ccc(C(=O)NCc2ccncc2)s1)c1c(C)[nH]n(-c2ccc(C)cc2)c1=O. The van der Waals surface area contributed by atoms with Gasteiger partial charge in [0, 0.05) is 24.6 Å². The van der Waals surface area contributed by atoms with Gasteiger partial charge in [-0.15, -0.1) is 11.3 Å². The number of nitrogens with one attached hydrogen (secondary N) is 3. The van der Waals surface area contributed by atoms with Gasteiger partial charge in [0.15, 0.2) is 0 Å². The highest BCUT2D eigenvalue weighted by atomic mass is 32.1. The standard InChI is InChI=1S/C25H24N6O3S/c1-15-4-6-19(7-5-15)31-25(34)22(17(3)30-31)16(2)28-29-24(33)21-9-8-20(35-21)23(32)27-14-18-10-12-26-13-11-18/h4-13,30H,14H2,1-3H3,(H,27,32)(H,29,33)/b28-16+. The lowest BCUT2D eigenvalue weighted by Gasteiger charge is -2.03. The molecular weight excluding hydrogens is 464 g/mol. The summed E-state index contributed by atoms with van der Waals surface area (Å²) in [4.78, 5) is 42.6. The zero-order chi connectivity index (χ0) is 24.9. The number of carbonyl (C=O) groups excluding carboxylic acids is 2. The highest BCUT2D eigenvalue weighted by Crippen LogP contribution is 2.17. The lowest BCUT2D eigenvalue weighted by molar-refractivity contribution is 0.0950. The first-order valence-corrected chi connectivity index (χ1v) is 11.7. The average molecular weight is 489 g/mol. The van der Waals surface area contributed by atoms with E-state index in [0.29, 0.717) is 39.0 Å². The van der Waals surface area contributed by atoms with E-state index in [2.05, 4.69) is 25.9 Å². The Labute approximate surface area is 205 Å². The third kappa shape index (κ3) is 5.44. The molecule has 10 heteroatoms. The van der Waals surface area contributed by atoms with Crippen molar-refractivity contribution in [1.82, 2.24) is 25.5 Å². The van der Waals surface area contributed by atoms with Crippen LogP contribution < -0.4 is 16.3 Å². The van der Waals surface area contributed by atoms with Crippen molar-refractivity contribution in [3.63, 3.8) is 0 Å². The third-order valence-corrected chi connectivity index (χ3v) is 6.39. The molecule has 0 atom stereocenters. The minimum atomic E-state index is -0.463. The predicted molar refractivity (Wildman–Crippen MR) is 135 cm³/mol. The number of rotatable bonds is 7. The van der Waals surface area contributed by atoms with Crippen molar-refractivity contribution in [2.75, 3.05) is 0 Å². The number of H-pyrrole nitrogens is 1. The summed E-state index contributed by atoms with van der Waals surface area (Å²) in [5, 5.41) is 10.00. The molecule has 0 aliphatic carbocycles. The molecule has 35 heavy (non-hydrogen) atoms. The van der Waals surface area contributed by atoms with Crippen molar-refractivity contribution in [1.29, 1.82) is 0 Å². The highest BCUT2D eigenvalue weighted by molar-refractivity contribution is 7.15. The molecule has 0 saturated carbocycles. The molecule has 3 heterocycles. The zero-order valence-electron chi connectivity index (χ0n) is 19.5. The minimum Gasteiger partial charge on any atom is -0.347 e. The number of hydrogen-bond acceptors (Lipinski definition) is 6. The molecule has 0 bridgehead atoms. The van der Waals surface area contributed by atoms with Crippen LogP contribution in [0.2, 0.25) is 0 Å². The number of amides is 2. The Balaban J connectivity index is 1.43. The molecule has 0 aliphatic rings. The molecule has 0 saturated heterocycles. The maximum atomic E-state index is 13.0. The van der Waals surface area contributed by atoms with Gasteiger partial charge in [-0.05, 0) is 62.7 Å². The van der Waals surface area contributed by atoms with Gasteiger partial charge in [-0.1, -0.05) is 17.7 Å². The second-order valence-corrected chi connectivity index (χ2v) is 9.01. The van der Waals surface area contributed by atoms with E-state index < -0.39 is 5.91 Å². The van der Waals surface area contributed by atoms with Gasteiger partial charge in [0.2, 0.25) is 0 Å². The second-order valence-electron chi connectivity index (χ2n) is 7.93. The number of thiophene rings is 1. The smallest absolute Gasteiger partial charge is 0.281 e. The Morgan fingerprint density at radius 3 is 2.34 bits per heavy atom. The molecule has 4 aromatic rings. The van der Waals surface area contributed by atoms with Crippen LogP contribution in [0.15, 0.2) is 70.8 Å². The molecule has 0 fully saturated rings. The number of hydrazone groups is 1. The fraction of sp³-hybridized carbons (Fsp3) is 0.160. The van der Waals surface area contributed by atoms with E-state index in [-0.39, 0.29) is 11.5 Å². The molecule has 0 radical (unpaired) electrons. The number of aromatic amines is 1. The normalized spacial score (nSPS) is 11.3. The van der Waals surface area contributed by atoms with Crippen molar-refractivity contribution < 1.29 is 9.59 Å². The van der Waals surface area contributed by atoms with Crippen LogP contribution in [0.5, 0.6) is 0 Å². The van der Waals surface area contributed by atoms with E-state index in [9.17, 15) is 14.4 Å². The van der Waals surface area contributed by atoms with Crippen LogP contribution in [0.3, 0.4) is 0 Å². The van der Waals surface area contributed by atoms with Crippen molar-refractivity contribution in [2.24, 2.45) is 5.10 Å². The van der Waals surface area contributed by atoms with Gasteiger partial charge in [0.25, 0.3) is 17.4 Å². The molecule has 9 nitrogen and oxygen atoms in total. The van der Waals surface area contributed by atoms with Gasteiger partial charge in [0.1, 0.15) is 0 Å². The van der Waals surface area contributed by atoms with E-state index in [1.165, 1.54) is 4.68 Å². The van der Waals surface area contributed by atoms with E-state index in [0.717, 1.165) is 22.5 Å². The zero-order valence-corrected chi connectivity index (χ0v) is 20.3. The summed E-state index contributed by atoms with van der Waals surface area (Å²) in [7, 11) is 0. The van der Waals surface area contributed by atoms with Crippen LogP contribution >= 0.6 is 11.3 Å². The topological polar surface area (TPSA) is 121 Å². The molecule has 0 aliphatic heterocycles. The van der Waals surface area contributed by atoms with Crippen molar-refractivity contribution >= 4 is 28.9 Å². The molecule has 3 aromatic heterocycles. The Hall–Kier alpha value is -4.31. The maximum Gasteiger partial charge on any atom is 0.281 e. The molecular formula is C25H24N6O3S. The van der Waals surface area contributed by atoms with Crippen LogP contribution in [0.25, 0.3) is 5.69 Å². The van der Waals surface area contributed by atoms with E-state index in [1.54, 1.807) is 38.4 Å². The maximum absolute atomic E-state index is 13.0. The van der Waals surface area contributed by atoms with Gasteiger partial charge in [-0.25, -0.2) is 10.1 Å². The van der Waals surface area contributed by atoms with Crippen LogP contribution in [-0.2, 0) is 6.54 Å². The number of pyridine rings is 1. The molecule has 4 rings (SSSR count). The largest absolute Gasteiger partial charge is 0.347 e. The van der Waals surface area contributed by atoms with Crippen molar-refractivity contribution in [3.8, 4) is 5.69 Å². The molecule has 178 valence electrons. The third-order valence-electron chi connectivity index (χ3n) is 5.31. The fourth-order valence-electron chi connectivity index (χ4n) is 3.45. The number of nitrogens with zero attached hydrogens (tertiary/aromatic N) is 3. The number of aromatic nitrogens is 3. The first-order chi connectivity index (χ1) is 16.8. The van der Waals surface area contributed by atoms with Crippen LogP contribution in [0, 0.1) is 13.8 Å². The molecule has 2 amide bonds. The molecule has 0 spiro atoms. The van der Waals surface area contributed by atoms with Crippen molar-refractivity contribution in [3.05, 3.63) is 103 Å². The number of hydrogen-bond donors (Lipinski definition) is 3. The van der Waals surface area contributed by atoms with Crippen LogP contribution in [0.1, 0.15) is 48.7 Å². The predicted octanol–water partition coefficient (Wildman–Crippen LogP) is 3.32. The van der Waals surface area contributed by atoms with Gasteiger partial charge in [0.05, 0.1) is 26.7 Å². The first kappa shape index (κ1) is 23.8. The average Bonchev–Trinajstić information content (AvgIpc) is 3.47. The Bertz CT molecular complexity index is 1450. The Morgan fingerprint density at radius 2 is 1.66 bits per heavy atom. The fourth-order valence-corrected chi connectivity index (χ4v) is 4.26. The summed E-state index contributed by atoms with van der Waals surface area (Å²) < 4.78 is 1.45.